The van der Waals surface area contributed by atoms with Gasteiger partial charge < -0.3 is 10.4 Å². The Morgan fingerprint density at radius 2 is 1.95 bits per heavy atom. The van der Waals surface area contributed by atoms with Gasteiger partial charge in [-0.05, 0) is 37.1 Å². The molecule has 1 aromatic carbocycles. The molecule has 2 N–H and O–H groups in total. The van der Waals surface area contributed by atoms with Crippen LogP contribution in [0.3, 0.4) is 0 Å². The zero-order valence-corrected chi connectivity index (χ0v) is 11.0. The summed E-state index contributed by atoms with van der Waals surface area (Å²) in [6.07, 6.45) is 2.72. The van der Waals surface area contributed by atoms with Gasteiger partial charge >= 0.3 is 5.97 Å². The molecule has 1 aromatic rings. The monoisotopic (exact) mass is 271 g/mol. The molecule has 3 nitrogen and oxygen atoms in total. The van der Waals surface area contributed by atoms with Gasteiger partial charge in [-0.3, -0.25) is 4.79 Å². The topological polar surface area (TPSA) is 49.3 Å². The van der Waals surface area contributed by atoms with E-state index in [1.54, 1.807) is 0 Å². The lowest BCUT2D eigenvalue weighted by Gasteiger charge is -2.13. The Bertz CT molecular complexity index is 404. The van der Waals surface area contributed by atoms with Gasteiger partial charge in [-0.25, -0.2) is 8.78 Å². The van der Waals surface area contributed by atoms with Gasteiger partial charge in [0.1, 0.15) is 17.7 Å². The van der Waals surface area contributed by atoms with Crippen molar-refractivity contribution in [3.05, 3.63) is 35.4 Å². The highest BCUT2D eigenvalue weighted by Crippen LogP contribution is 2.08. The largest absolute Gasteiger partial charge is 0.480 e. The van der Waals surface area contributed by atoms with Crippen molar-refractivity contribution in [2.45, 2.75) is 38.6 Å². The summed E-state index contributed by atoms with van der Waals surface area (Å²) in [7, 11) is 0. The first-order chi connectivity index (χ1) is 9.02. The summed E-state index contributed by atoms with van der Waals surface area (Å²) in [6.45, 7) is 2.37. The molecule has 0 radical (unpaired) electrons. The number of benzene rings is 1. The molecular weight excluding hydrogens is 252 g/mol. The van der Waals surface area contributed by atoms with Gasteiger partial charge in [0.2, 0.25) is 0 Å². The Hall–Kier alpha value is -1.49. The predicted octanol–water partition coefficient (Wildman–Crippen LogP) is 2.74. The minimum absolute atomic E-state index is 0.379. The van der Waals surface area contributed by atoms with Crippen molar-refractivity contribution in [3.63, 3.8) is 0 Å². The fourth-order valence-electron chi connectivity index (χ4n) is 1.87. The number of aliphatic carboxylic acids is 1. The van der Waals surface area contributed by atoms with E-state index in [-0.39, 0.29) is 0 Å². The first-order valence-electron chi connectivity index (χ1n) is 6.44. The number of unbranched alkanes of at least 4 members (excludes halogenated alkanes) is 1. The van der Waals surface area contributed by atoms with Crippen LogP contribution >= 0.6 is 0 Å². The van der Waals surface area contributed by atoms with Crippen LogP contribution in [0.4, 0.5) is 8.78 Å². The number of rotatable bonds is 8. The number of carboxylic acids is 1. The van der Waals surface area contributed by atoms with E-state index in [2.05, 4.69) is 5.32 Å². The molecule has 1 atom stereocenters. The van der Waals surface area contributed by atoms with E-state index < -0.39 is 23.6 Å². The molecule has 0 fully saturated rings. The Labute approximate surface area is 111 Å². The predicted molar refractivity (Wildman–Crippen MR) is 69.0 cm³/mol. The SMILES string of the molecule is CCCCC(NCCc1cc(F)cc(F)c1)C(=O)O. The van der Waals surface area contributed by atoms with Crippen molar-refractivity contribution in [2.24, 2.45) is 0 Å². The molecule has 0 aliphatic carbocycles. The van der Waals surface area contributed by atoms with Crippen LogP contribution in [-0.4, -0.2) is 23.7 Å². The average Bonchev–Trinajstić information content (AvgIpc) is 2.31. The lowest BCUT2D eigenvalue weighted by atomic mass is 10.1. The molecule has 106 valence electrons. The number of nitrogens with one attached hydrogen (secondary N) is 1. The standard InChI is InChI=1S/C14H19F2NO2/c1-2-3-4-13(14(18)19)17-6-5-10-7-11(15)9-12(16)8-10/h7-9,13,17H,2-6H2,1H3,(H,18,19). The van der Waals surface area contributed by atoms with E-state index in [1.165, 1.54) is 12.1 Å². The molecule has 1 rings (SSSR count). The third kappa shape index (κ3) is 5.79. The zero-order valence-electron chi connectivity index (χ0n) is 11.0. The molecule has 0 aliphatic rings. The maximum Gasteiger partial charge on any atom is 0.320 e. The summed E-state index contributed by atoms with van der Waals surface area (Å²) in [5, 5.41) is 11.9. The summed E-state index contributed by atoms with van der Waals surface area (Å²) in [5.41, 5.74) is 0.518. The Balaban J connectivity index is 2.44. The molecule has 0 saturated heterocycles. The molecule has 5 heteroatoms. The van der Waals surface area contributed by atoms with E-state index >= 15 is 0 Å². The second kappa shape index (κ2) is 7.84. The molecule has 0 heterocycles. The lowest BCUT2D eigenvalue weighted by Crippen LogP contribution is -2.37. The third-order valence-electron chi connectivity index (χ3n) is 2.87. The van der Waals surface area contributed by atoms with Gasteiger partial charge in [-0.2, -0.15) is 0 Å². The average molecular weight is 271 g/mol. The molecular formula is C14H19F2NO2. The quantitative estimate of drug-likeness (QED) is 0.764. The number of hydrogen-bond acceptors (Lipinski definition) is 2. The summed E-state index contributed by atoms with van der Waals surface area (Å²) < 4.78 is 25.9. The number of halogens is 2. The molecule has 0 aliphatic heterocycles. The molecule has 0 amide bonds. The molecule has 0 saturated carbocycles. The van der Waals surface area contributed by atoms with Crippen molar-refractivity contribution < 1.29 is 18.7 Å². The summed E-state index contributed by atoms with van der Waals surface area (Å²) in [5.74, 6) is -2.12. The molecule has 0 spiro atoms. The van der Waals surface area contributed by atoms with Gasteiger partial charge in [0.05, 0.1) is 0 Å². The van der Waals surface area contributed by atoms with Crippen molar-refractivity contribution in [2.75, 3.05) is 6.54 Å². The summed E-state index contributed by atoms with van der Waals surface area (Å²) >= 11 is 0. The lowest BCUT2D eigenvalue weighted by molar-refractivity contribution is -0.139. The van der Waals surface area contributed by atoms with E-state index in [1.807, 2.05) is 6.92 Å². The number of hydrogen-bond donors (Lipinski definition) is 2. The molecule has 0 aromatic heterocycles. The first kappa shape index (κ1) is 15.6. The van der Waals surface area contributed by atoms with Crippen LogP contribution < -0.4 is 5.32 Å². The van der Waals surface area contributed by atoms with Gasteiger partial charge in [-0.15, -0.1) is 0 Å². The maximum absolute atomic E-state index is 13.0. The number of carbonyl (C=O) groups is 1. The Morgan fingerprint density at radius 1 is 1.32 bits per heavy atom. The number of carboxylic acid groups (broad SMARTS) is 1. The van der Waals surface area contributed by atoms with Crippen LogP contribution in [0, 0.1) is 11.6 Å². The zero-order chi connectivity index (χ0) is 14.3. The summed E-state index contributed by atoms with van der Waals surface area (Å²) in [4.78, 5) is 11.0. The highest BCUT2D eigenvalue weighted by Gasteiger charge is 2.15. The fraction of sp³-hybridized carbons (Fsp3) is 0.500. The van der Waals surface area contributed by atoms with E-state index in [9.17, 15) is 13.6 Å². The first-order valence-corrected chi connectivity index (χ1v) is 6.44. The van der Waals surface area contributed by atoms with Crippen LogP contribution in [0.15, 0.2) is 18.2 Å². The van der Waals surface area contributed by atoms with E-state index in [0.717, 1.165) is 18.9 Å². The van der Waals surface area contributed by atoms with Crippen LogP contribution in [0.1, 0.15) is 31.7 Å². The van der Waals surface area contributed by atoms with Gasteiger partial charge in [0, 0.05) is 6.07 Å². The van der Waals surface area contributed by atoms with E-state index in [4.69, 9.17) is 5.11 Å². The van der Waals surface area contributed by atoms with Crippen LogP contribution in [-0.2, 0) is 11.2 Å². The minimum Gasteiger partial charge on any atom is -0.480 e. The normalized spacial score (nSPS) is 12.4. The van der Waals surface area contributed by atoms with Crippen molar-refractivity contribution in [3.8, 4) is 0 Å². The van der Waals surface area contributed by atoms with Crippen molar-refractivity contribution in [1.29, 1.82) is 0 Å². The highest BCUT2D eigenvalue weighted by atomic mass is 19.1. The van der Waals surface area contributed by atoms with Gasteiger partial charge in [0.25, 0.3) is 0 Å². The van der Waals surface area contributed by atoms with Crippen molar-refractivity contribution in [1.82, 2.24) is 5.32 Å². The summed E-state index contributed by atoms with van der Waals surface area (Å²) in [6, 6.07) is 2.73. The molecule has 19 heavy (non-hydrogen) atoms. The van der Waals surface area contributed by atoms with Gasteiger partial charge in [-0.1, -0.05) is 19.8 Å². The third-order valence-corrected chi connectivity index (χ3v) is 2.87. The molecule has 1 unspecified atom stereocenters. The molecule has 0 bridgehead atoms. The maximum atomic E-state index is 13.0. The highest BCUT2D eigenvalue weighted by molar-refractivity contribution is 5.73. The smallest absolute Gasteiger partial charge is 0.320 e. The van der Waals surface area contributed by atoms with Crippen LogP contribution in [0.5, 0.6) is 0 Å². The van der Waals surface area contributed by atoms with E-state index in [0.29, 0.717) is 24.9 Å². The Kier molecular flexibility index (Phi) is 6.42. The van der Waals surface area contributed by atoms with Crippen molar-refractivity contribution >= 4 is 5.97 Å². The Morgan fingerprint density at radius 3 is 2.47 bits per heavy atom. The van der Waals surface area contributed by atoms with Gasteiger partial charge in [0.15, 0.2) is 0 Å². The fourth-order valence-corrected chi connectivity index (χ4v) is 1.87. The van der Waals surface area contributed by atoms with Crippen LogP contribution in [0.2, 0.25) is 0 Å². The second-order valence-electron chi connectivity index (χ2n) is 4.51. The second-order valence-corrected chi connectivity index (χ2v) is 4.51. The minimum atomic E-state index is -0.890. The van der Waals surface area contributed by atoms with Crippen LogP contribution in [0.25, 0.3) is 0 Å².